The molecule has 2 atom stereocenters. The average molecular weight is 142 g/mol. The molecule has 0 unspecified atom stereocenters. The fraction of sp³-hybridized carbons (Fsp3) is 1.00. The first-order valence-corrected chi connectivity index (χ1v) is 3.94. The summed E-state index contributed by atoms with van der Waals surface area (Å²) in [4.78, 5) is 0. The van der Waals surface area contributed by atoms with Gasteiger partial charge in [0.2, 0.25) is 0 Å². The normalized spacial score (nSPS) is 53.4. The van der Waals surface area contributed by atoms with Crippen LogP contribution in [0.5, 0.6) is 0 Å². The van der Waals surface area contributed by atoms with Crippen molar-refractivity contribution >= 4 is 0 Å². The van der Waals surface area contributed by atoms with E-state index in [4.69, 9.17) is 9.47 Å². The van der Waals surface area contributed by atoms with Crippen molar-refractivity contribution in [2.45, 2.75) is 37.9 Å². The van der Waals surface area contributed by atoms with Gasteiger partial charge in [0.1, 0.15) is 0 Å². The molecule has 0 spiro atoms. The molecule has 2 heteroatoms. The lowest BCUT2D eigenvalue weighted by Gasteiger charge is -2.30. The SMILES string of the molecule is C[C@@]12CCO[C@]1(C)CCO2. The van der Waals surface area contributed by atoms with Crippen LogP contribution in [0, 0.1) is 0 Å². The molecule has 10 heavy (non-hydrogen) atoms. The smallest absolute Gasteiger partial charge is 0.0962 e. The first-order valence-electron chi connectivity index (χ1n) is 3.94. The van der Waals surface area contributed by atoms with Crippen LogP contribution in [0.1, 0.15) is 26.7 Å². The summed E-state index contributed by atoms with van der Waals surface area (Å²) < 4.78 is 11.3. The van der Waals surface area contributed by atoms with Gasteiger partial charge in [0.15, 0.2) is 0 Å². The van der Waals surface area contributed by atoms with Gasteiger partial charge < -0.3 is 9.47 Å². The van der Waals surface area contributed by atoms with Gasteiger partial charge >= 0.3 is 0 Å². The van der Waals surface area contributed by atoms with Crippen LogP contribution in [0.3, 0.4) is 0 Å². The number of fused-ring (bicyclic) bond motifs is 1. The Morgan fingerprint density at radius 1 is 0.900 bits per heavy atom. The van der Waals surface area contributed by atoms with Crippen molar-refractivity contribution in [3.63, 3.8) is 0 Å². The monoisotopic (exact) mass is 142 g/mol. The Hall–Kier alpha value is -0.0800. The summed E-state index contributed by atoms with van der Waals surface area (Å²) in [7, 11) is 0. The van der Waals surface area contributed by atoms with Gasteiger partial charge in [0.05, 0.1) is 24.4 Å². The summed E-state index contributed by atoms with van der Waals surface area (Å²) in [5, 5.41) is 0. The van der Waals surface area contributed by atoms with Crippen LogP contribution in [0.4, 0.5) is 0 Å². The molecule has 2 rings (SSSR count). The van der Waals surface area contributed by atoms with Crippen LogP contribution in [-0.2, 0) is 9.47 Å². The van der Waals surface area contributed by atoms with E-state index >= 15 is 0 Å². The summed E-state index contributed by atoms with van der Waals surface area (Å²) in [6.07, 6.45) is 2.12. The Kier molecular flexibility index (Phi) is 1.15. The van der Waals surface area contributed by atoms with E-state index in [-0.39, 0.29) is 11.2 Å². The van der Waals surface area contributed by atoms with Gasteiger partial charge in [-0.3, -0.25) is 0 Å². The molecule has 2 fully saturated rings. The number of ether oxygens (including phenoxy) is 2. The van der Waals surface area contributed by atoms with Crippen LogP contribution < -0.4 is 0 Å². The minimum absolute atomic E-state index is 0.0208. The van der Waals surface area contributed by atoms with E-state index in [9.17, 15) is 0 Å². The molecule has 2 saturated heterocycles. The lowest BCUT2D eigenvalue weighted by atomic mass is 9.86. The third-order valence-corrected chi connectivity index (χ3v) is 3.12. The maximum atomic E-state index is 5.64. The van der Waals surface area contributed by atoms with Gasteiger partial charge in [-0.1, -0.05) is 0 Å². The Labute approximate surface area is 61.5 Å². The van der Waals surface area contributed by atoms with Crippen LogP contribution in [0.25, 0.3) is 0 Å². The van der Waals surface area contributed by atoms with Crippen molar-refractivity contribution in [2.24, 2.45) is 0 Å². The molecule has 0 aromatic heterocycles. The largest absolute Gasteiger partial charge is 0.372 e. The predicted octanol–water partition coefficient (Wildman–Crippen LogP) is 1.34. The second kappa shape index (κ2) is 1.74. The highest BCUT2D eigenvalue weighted by atomic mass is 16.6. The molecule has 0 bridgehead atoms. The molecule has 0 amide bonds. The lowest BCUT2D eigenvalue weighted by molar-refractivity contribution is -0.0641. The fourth-order valence-electron chi connectivity index (χ4n) is 1.92. The first-order chi connectivity index (χ1) is 4.66. The zero-order valence-electron chi connectivity index (χ0n) is 6.64. The quantitative estimate of drug-likeness (QED) is 0.508. The Balaban J connectivity index is 2.30. The van der Waals surface area contributed by atoms with E-state index in [1.807, 2.05) is 0 Å². The van der Waals surface area contributed by atoms with E-state index in [2.05, 4.69) is 13.8 Å². The summed E-state index contributed by atoms with van der Waals surface area (Å²) in [5.41, 5.74) is 0.0417. The van der Waals surface area contributed by atoms with E-state index in [1.54, 1.807) is 0 Å². The van der Waals surface area contributed by atoms with Gasteiger partial charge in [-0.05, 0) is 13.8 Å². The molecule has 2 aliphatic rings. The summed E-state index contributed by atoms with van der Waals surface area (Å²) in [5.74, 6) is 0. The first kappa shape index (κ1) is 6.62. The highest BCUT2D eigenvalue weighted by Crippen LogP contribution is 2.45. The van der Waals surface area contributed by atoms with Crippen LogP contribution >= 0.6 is 0 Å². The number of hydrogen-bond donors (Lipinski definition) is 0. The van der Waals surface area contributed by atoms with Gasteiger partial charge in [0, 0.05) is 12.8 Å². The molecule has 0 aliphatic carbocycles. The number of rotatable bonds is 0. The summed E-state index contributed by atoms with van der Waals surface area (Å²) in [6, 6.07) is 0. The molecule has 0 aromatic carbocycles. The molecule has 2 nitrogen and oxygen atoms in total. The molecule has 0 saturated carbocycles. The highest BCUT2D eigenvalue weighted by molar-refractivity contribution is 5.04. The maximum Gasteiger partial charge on any atom is 0.0962 e. The van der Waals surface area contributed by atoms with Crippen molar-refractivity contribution in [1.82, 2.24) is 0 Å². The van der Waals surface area contributed by atoms with Crippen molar-refractivity contribution in [1.29, 1.82) is 0 Å². The van der Waals surface area contributed by atoms with Crippen molar-refractivity contribution in [2.75, 3.05) is 13.2 Å². The molecule has 0 aromatic rings. The van der Waals surface area contributed by atoms with E-state index in [0.717, 1.165) is 26.1 Å². The van der Waals surface area contributed by atoms with Crippen LogP contribution in [-0.4, -0.2) is 24.4 Å². The van der Waals surface area contributed by atoms with Crippen molar-refractivity contribution in [3.8, 4) is 0 Å². The highest BCUT2D eigenvalue weighted by Gasteiger charge is 2.54. The zero-order chi connectivity index (χ0) is 7.24. The second-order valence-electron chi connectivity index (χ2n) is 3.66. The second-order valence-corrected chi connectivity index (χ2v) is 3.66. The fourth-order valence-corrected chi connectivity index (χ4v) is 1.92. The van der Waals surface area contributed by atoms with E-state index in [0.29, 0.717) is 0 Å². The standard InChI is InChI=1S/C8H14O2/c1-7-3-5-10-8(7,2)4-6-9-7/h3-6H2,1-2H3/t7-,8-/m1/s1. The van der Waals surface area contributed by atoms with Crippen molar-refractivity contribution in [3.05, 3.63) is 0 Å². The topological polar surface area (TPSA) is 18.5 Å². The maximum absolute atomic E-state index is 5.64. The van der Waals surface area contributed by atoms with Gasteiger partial charge in [-0.25, -0.2) is 0 Å². The lowest BCUT2D eigenvalue weighted by Crippen LogP contribution is -2.41. The molecule has 2 heterocycles. The molecular weight excluding hydrogens is 128 g/mol. The Bertz CT molecular complexity index is 127. The van der Waals surface area contributed by atoms with E-state index in [1.165, 1.54) is 0 Å². The number of hydrogen-bond acceptors (Lipinski definition) is 2. The minimum Gasteiger partial charge on any atom is -0.372 e. The average Bonchev–Trinajstić information content (AvgIpc) is 2.20. The molecule has 0 N–H and O–H groups in total. The van der Waals surface area contributed by atoms with Crippen molar-refractivity contribution < 1.29 is 9.47 Å². The predicted molar refractivity (Wildman–Crippen MR) is 37.9 cm³/mol. The van der Waals surface area contributed by atoms with Crippen LogP contribution in [0.2, 0.25) is 0 Å². The molecular formula is C8H14O2. The summed E-state index contributed by atoms with van der Waals surface area (Å²) >= 11 is 0. The molecule has 0 radical (unpaired) electrons. The molecule has 2 aliphatic heterocycles. The third kappa shape index (κ3) is 0.611. The Morgan fingerprint density at radius 2 is 1.30 bits per heavy atom. The summed E-state index contributed by atoms with van der Waals surface area (Å²) in [6.45, 7) is 6.06. The Morgan fingerprint density at radius 3 is 1.70 bits per heavy atom. The van der Waals surface area contributed by atoms with Gasteiger partial charge in [0.25, 0.3) is 0 Å². The van der Waals surface area contributed by atoms with Gasteiger partial charge in [-0.15, -0.1) is 0 Å². The minimum atomic E-state index is 0.0208. The van der Waals surface area contributed by atoms with Crippen LogP contribution in [0.15, 0.2) is 0 Å². The molecule has 58 valence electrons. The van der Waals surface area contributed by atoms with E-state index < -0.39 is 0 Å². The van der Waals surface area contributed by atoms with Gasteiger partial charge in [-0.2, -0.15) is 0 Å². The third-order valence-electron chi connectivity index (χ3n) is 3.12. The zero-order valence-corrected chi connectivity index (χ0v) is 6.64.